The first kappa shape index (κ1) is 14.6. The molecule has 0 radical (unpaired) electrons. The van der Waals surface area contributed by atoms with Crippen molar-refractivity contribution in [2.75, 3.05) is 29.5 Å². The van der Waals surface area contributed by atoms with E-state index in [2.05, 4.69) is 4.90 Å². The Morgan fingerprint density at radius 3 is 2.50 bits per heavy atom. The van der Waals surface area contributed by atoms with Crippen LogP contribution in [0.2, 0.25) is 0 Å². The Bertz CT molecular complexity index is 635. The lowest BCUT2D eigenvalue weighted by Gasteiger charge is -2.30. The minimum absolute atomic E-state index is 0.188. The van der Waals surface area contributed by atoms with Gasteiger partial charge in [-0.15, -0.1) is 0 Å². The molecule has 1 aliphatic rings. The quantitative estimate of drug-likeness (QED) is 0.851. The molecule has 1 heterocycles. The standard InChI is InChI=1S/C14H17NO4S/c1-11-10-12(3-5-14(16)17)2-4-13(11)15-6-8-20(18,19)9-7-15/h2-5,10H,6-9H2,1H3,(H,16,17). The van der Waals surface area contributed by atoms with E-state index in [0.717, 1.165) is 22.9 Å². The first-order chi connectivity index (χ1) is 9.37. The second-order valence-corrected chi connectivity index (χ2v) is 7.16. The van der Waals surface area contributed by atoms with Crippen molar-refractivity contribution >= 4 is 27.6 Å². The average Bonchev–Trinajstić information content (AvgIpc) is 2.37. The molecule has 6 heteroatoms. The zero-order valence-corrected chi connectivity index (χ0v) is 12.1. The van der Waals surface area contributed by atoms with Crippen molar-refractivity contribution < 1.29 is 18.3 Å². The molecule has 5 nitrogen and oxygen atoms in total. The van der Waals surface area contributed by atoms with Crippen LogP contribution in [0.15, 0.2) is 24.3 Å². The van der Waals surface area contributed by atoms with Crippen LogP contribution in [0, 0.1) is 6.92 Å². The zero-order valence-electron chi connectivity index (χ0n) is 11.2. The highest BCUT2D eigenvalue weighted by Crippen LogP contribution is 2.23. The number of carbonyl (C=O) groups is 1. The fourth-order valence-electron chi connectivity index (χ4n) is 2.26. The average molecular weight is 295 g/mol. The van der Waals surface area contributed by atoms with E-state index in [4.69, 9.17) is 5.11 Å². The molecule has 1 aliphatic heterocycles. The molecule has 0 aliphatic carbocycles. The Kier molecular flexibility index (Phi) is 4.13. The molecular formula is C14H17NO4S. The number of nitrogens with zero attached hydrogens (tertiary/aromatic N) is 1. The van der Waals surface area contributed by atoms with E-state index in [1.165, 1.54) is 0 Å². The molecule has 20 heavy (non-hydrogen) atoms. The smallest absolute Gasteiger partial charge is 0.328 e. The fraction of sp³-hybridized carbons (Fsp3) is 0.357. The Labute approximate surface area is 118 Å². The molecule has 1 aromatic rings. The van der Waals surface area contributed by atoms with Gasteiger partial charge < -0.3 is 10.0 Å². The first-order valence-electron chi connectivity index (χ1n) is 6.34. The second kappa shape index (κ2) is 5.66. The normalized spacial score (nSPS) is 18.4. The van der Waals surface area contributed by atoms with Crippen molar-refractivity contribution in [1.82, 2.24) is 0 Å². The number of rotatable bonds is 3. The maximum Gasteiger partial charge on any atom is 0.328 e. The lowest BCUT2D eigenvalue weighted by molar-refractivity contribution is -0.131. The molecule has 0 bridgehead atoms. The maximum absolute atomic E-state index is 11.4. The van der Waals surface area contributed by atoms with Crippen LogP contribution < -0.4 is 4.90 Å². The molecule has 0 unspecified atom stereocenters. The Morgan fingerprint density at radius 2 is 1.95 bits per heavy atom. The zero-order chi connectivity index (χ0) is 14.8. The Hall–Kier alpha value is -1.82. The predicted octanol–water partition coefficient (Wildman–Crippen LogP) is 1.33. The monoisotopic (exact) mass is 295 g/mol. The highest BCUT2D eigenvalue weighted by molar-refractivity contribution is 7.91. The number of aryl methyl sites for hydroxylation is 1. The number of anilines is 1. The van der Waals surface area contributed by atoms with E-state index < -0.39 is 15.8 Å². The van der Waals surface area contributed by atoms with Crippen molar-refractivity contribution in [3.63, 3.8) is 0 Å². The van der Waals surface area contributed by atoms with Crippen LogP contribution in [-0.4, -0.2) is 44.1 Å². The molecule has 2 rings (SSSR count). The molecular weight excluding hydrogens is 278 g/mol. The van der Waals surface area contributed by atoms with E-state index in [1.54, 1.807) is 6.08 Å². The van der Waals surface area contributed by atoms with Gasteiger partial charge in [-0.25, -0.2) is 13.2 Å². The SMILES string of the molecule is Cc1cc(C=CC(=O)O)ccc1N1CCS(=O)(=O)CC1. The summed E-state index contributed by atoms with van der Waals surface area (Å²) in [6.07, 6.45) is 2.64. The summed E-state index contributed by atoms with van der Waals surface area (Å²) >= 11 is 0. The number of aliphatic carboxylic acids is 1. The van der Waals surface area contributed by atoms with Crippen LogP contribution in [0.4, 0.5) is 5.69 Å². The minimum atomic E-state index is -2.88. The molecule has 0 aromatic heterocycles. The highest BCUT2D eigenvalue weighted by Gasteiger charge is 2.22. The molecule has 1 aromatic carbocycles. The number of carboxylic acid groups (broad SMARTS) is 1. The van der Waals surface area contributed by atoms with Crippen molar-refractivity contribution in [2.45, 2.75) is 6.92 Å². The van der Waals surface area contributed by atoms with E-state index in [-0.39, 0.29) is 11.5 Å². The predicted molar refractivity (Wildman–Crippen MR) is 78.7 cm³/mol. The molecule has 1 fully saturated rings. The maximum atomic E-state index is 11.4. The van der Waals surface area contributed by atoms with Gasteiger partial charge in [-0.2, -0.15) is 0 Å². The van der Waals surface area contributed by atoms with Gasteiger partial charge in [0.2, 0.25) is 0 Å². The summed E-state index contributed by atoms with van der Waals surface area (Å²) < 4.78 is 22.8. The largest absolute Gasteiger partial charge is 0.478 e. The number of hydrogen-bond acceptors (Lipinski definition) is 4. The number of benzene rings is 1. The summed E-state index contributed by atoms with van der Waals surface area (Å²) in [5.74, 6) is -0.604. The van der Waals surface area contributed by atoms with Crippen molar-refractivity contribution in [1.29, 1.82) is 0 Å². The van der Waals surface area contributed by atoms with Gasteiger partial charge in [0.05, 0.1) is 11.5 Å². The van der Waals surface area contributed by atoms with Crippen LogP contribution in [0.3, 0.4) is 0 Å². The third-order valence-corrected chi connectivity index (χ3v) is 4.93. The van der Waals surface area contributed by atoms with E-state index in [0.29, 0.717) is 13.1 Å². The topological polar surface area (TPSA) is 74.7 Å². The highest BCUT2D eigenvalue weighted by atomic mass is 32.2. The van der Waals surface area contributed by atoms with Crippen molar-refractivity contribution in [2.24, 2.45) is 0 Å². The van der Waals surface area contributed by atoms with E-state index >= 15 is 0 Å². The lowest BCUT2D eigenvalue weighted by Crippen LogP contribution is -2.40. The van der Waals surface area contributed by atoms with Gasteiger partial charge in [0.25, 0.3) is 0 Å². The second-order valence-electron chi connectivity index (χ2n) is 4.86. The van der Waals surface area contributed by atoms with Gasteiger partial charge in [0.1, 0.15) is 0 Å². The Morgan fingerprint density at radius 1 is 1.30 bits per heavy atom. The number of hydrogen-bond donors (Lipinski definition) is 1. The fourth-order valence-corrected chi connectivity index (χ4v) is 3.46. The molecule has 0 spiro atoms. The van der Waals surface area contributed by atoms with Gasteiger partial charge in [0, 0.05) is 24.9 Å². The number of carboxylic acids is 1. The van der Waals surface area contributed by atoms with Gasteiger partial charge in [-0.3, -0.25) is 0 Å². The van der Waals surface area contributed by atoms with Crippen LogP contribution in [0.5, 0.6) is 0 Å². The third kappa shape index (κ3) is 3.60. The molecule has 0 saturated carbocycles. The van der Waals surface area contributed by atoms with E-state index in [1.807, 2.05) is 25.1 Å². The van der Waals surface area contributed by atoms with Crippen molar-refractivity contribution in [3.8, 4) is 0 Å². The summed E-state index contributed by atoms with van der Waals surface area (Å²) in [6.45, 7) is 2.96. The lowest BCUT2D eigenvalue weighted by atomic mass is 10.1. The molecule has 108 valence electrons. The third-order valence-electron chi connectivity index (χ3n) is 3.32. The van der Waals surface area contributed by atoms with Gasteiger partial charge >= 0.3 is 5.97 Å². The summed E-state index contributed by atoms with van der Waals surface area (Å²) in [5.41, 5.74) is 2.84. The molecule has 0 amide bonds. The first-order valence-corrected chi connectivity index (χ1v) is 8.16. The van der Waals surface area contributed by atoms with Crippen LogP contribution >= 0.6 is 0 Å². The molecule has 1 saturated heterocycles. The van der Waals surface area contributed by atoms with Crippen LogP contribution in [0.1, 0.15) is 11.1 Å². The van der Waals surface area contributed by atoms with E-state index in [9.17, 15) is 13.2 Å². The summed E-state index contributed by atoms with van der Waals surface area (Å²) in [6, 6.07) is 5.65. The van der Waals surface area contributed by atoms with Crippen molar-refractivity contribution in [3.05, 3.63) is 35.4 Å². The molecule has 0 atom stereocenters. The van der Waals surface area contributed by atoms with Gasteiger partial charge in [-0.1, -0.05) is 6.07 Å². The Balaban J connectivity index is 2.16. The minimum Gasteiger partial charge on any atom is -0.478 e. The summed E-state index contributed by atoms with van der Waals surface area (Å²) in [5, 5.41) is 8.60. The van der Waals surface area contributed by atoms with Gasteiger partial charge in [0.15, 0.2) is 9.84 Å². The summed E-state index contributed by atoms with van der Waals surface area (Å²) in [4.78, 5) is 12.5. The molecule has 1 N–H and O–H groups in total. The van der Waals surface area contributed by atoms with Gasteiger partial charge in [-0.05, 0) is 36.3 Å². The summed E-state index contributed by atoms with van der Waals surface area (Å²) in [7, 11) is -2.88. The number of sulfone groups is 1. The van der Waals surface area contributed by atoms with Crippen LogP contribution in [-0.2, 0) is 14.6 Å². The van der Waals surface area contributed by atoms with Crippen LogP contribution in [0.25, 0.3) is 6.08 Å².